The van der Waals surface area contributed by atoms with Gasteiger partial charge in [0, 0.05) is 16.0 Å². The summed E-state index contributed by atoms with van der Waals surface area (Å²) in [5.41, 5.74) is 2.71. The van der Waals surface area contributed by atoms with E-state index in [9.17, 15) is 4.79 Å². The third kappa shape index (κ3) is 1.83. The quantitative estimate of drug-likeness (QED) is 0.841. The van der Waals surface area contributed by atoms with Crippen LogP contribution in [0.4, 0.5) is 0 Å². The Morgan fingerprint density at radius 1 is 1.14 bits per heavy atom. The van der Waals surface area contributed by atoms with Crippen LogP contribution in [0.2, 0.25) is 0 Å². The van der Waals surface area contributed by atoms with Crippen molar-refractivity contribution in [2.75, 3.05) is 0 Å². The molecule has 2 bridgehead atoms. The van der Waals surface area contributed by atoms with Crippen LogP contribution in [-0.2, 0) is 0 Å². The molecule has 5 atom stereocenters. The number of thioether (sulfide) groups is 1. The summed E-state index contributed by atoms with van der Waals surface area (Å²) in [6.07, 6.45) is 4.19. The molecule has 0 spiro atoms. The summed E-state index contributed by atoms with van der Waals surface area (Å²) in [6.45, 7) is 2.14. The van der Waals surface area contributed by atoms with Gasteiger partial charge in [0.05, 0.1) is 5.03 Å². The van der Waals surface area contributed by atoms with Crippen LogP contribution >= 0.6 is 23.1 Å². The summed E-state index contributed by atoms with van der Waals surface area (Å²) >= 11 is 3.41. The molecule has 3 aliphatic rings. The van der Waals surface area contributed by atoms with E-state index in [4.69, 9.17) is 0 Å². The summed E-state index contributed by atoms with van der Waals surface area (Å²) < 4.78 is 0. The van der Waals surface area contributed by atoms with Gasteiger partial charge in [0.15, 0.2) is 0 Å². The maximum Gasteiger partial charge on any atom is 0.305 e. The molecular formula is C18H19NOS2. The summed E-state index contributed by atoms with van der Waals surface area (Å²) in [6, 6.07) is 9.00. The number of H-pyrrole nitrogens is 1. The second-order valence-electron chi connectivity index (χ2n) is 7.09. The lowest BCUT2D eigenvalue weighted by molar-refractivity contribution is 0.307. The van der Waals surface area contributed by atoms with E-state index in [2.05, 4.69) is 36.2 Å². The van der Waals surface area contributed by atoms with E-state index in [0.29, 0.717) is 11.2 Å². The highest BCUT2D eigenvalue weighted by molar-refractivity contribution is 8.00. The monoisotopic (exact) mass is 329 g/mol. The third-order valence-electron chi connectivity index (χ3n) is 5.90. The van der Waals surface area contributed by atoms with Crippen molar-refractivity contribution in [2.24, 2.45) is 17.8 Å². The van der Waals surface area contributed by atoms with E-state index in [1.54, 1.807) is 0 Å². The predicted molar refractivity (Wildman–Crippen MR) is 91.9 cm³/mol. The average Bonchev–Trinajstić information content (AvgIpc) is 3.19. The maximum atomic E-state index is 11.9. The highest BCUT2D eigenvalue weighted by Gasteiger charge is 2.54. The Balaban J connectivity index is 1.68. The highest BCUT2D eigenvalue weighted by atomic mass is 32.2. The molecule has 0 unspecified atom stereocenters. The van der Waals surface area contributed by atoms with Crippen LogP contribution in [0.1, 0.15) is 41.2 Å². The van der Waals surface area contributed by atoms with E-state index < -0.39 is 0 Å². The fraction of sp³-hybridized carbons (Fsp3) is 0.500. The standard InChI is InChI=1S/C18H19NOS2/c1-9-2-4-10(5-3-9)13-14-11-6-7-12(8-11)15(14)21-17-16(13)22-18(20)19-17/h2-5,11-15H,6-8H2,1H3,(H,19,20)/t11-,12+,13+,14+,15+/m0/s1. The SMILES string of the molecule is Cc1ccc([C@H]2c3sc(=O)[nH]c3S[C@@H]3[C@@H]4CC[C@@H](C4)[C@H]23)cc1. The van der Waals surface area contributed by atoms with Gasteiger partial charge in [-0.15, -0.1) is 11.8 Å². The molecule has 2 fully saturated rings. The Morgan fingerprint density at radius 3 is 2.73 bits per heavy atom. The van der Waals surface area contributed by atoms with Gasteiger partial charge in [0.1, 0.15) is 0 Å². The van der Waals surface area contributed by atoms with E-state index in [0.717, 1.165) is 22.8 Å². The summed E-state index contributed by atoms with van der Waals surface area (Å²) in [7, 11) is 0. The molecule has 114 valence electrons. The van der Waals surface area contributed by atoms with Crippen molar-refractivity contribution >= 4 is 23.1 Å². The first kappa shape index (κ1) is 13.4. The van der Waals surface area contributed by atoms with Crippen molar-refractivity contribution in [3.63, 3.8) is 0 Å². The molecule has 4 heteroatoms. The molecule has 2 saturated carbocycles. The first-order chi connectivity index (χ1) is 10.7. The number of rotatable bonds is 1. The van der Waals surface area contributed by atoms with Gasteiger partial charge >= 0.3 is 4.87 Å². The lowest BCUT2D eigenvalue weighted by atomic mass is 9.75. The zero-order valence-electron chi connectivity index (χ0n) is 12.5. The van der Waals surface area contributed by atoms with Gasteiger partial charge in [-0.1, -0.05) is 41.2 Å². The number of hydrogen-bond acceptors (Lipinski definition) is 3. The van der Waals surface area contributed by atoms with Gasteiger partial charge in [-0.3, -0.25) is 4.79 Å². The highest BCUT2D eigenvalue weighted by Crippen LogP contribution is 2.63. The van der Waals surface area contributed by atoms with E-state index in [1.165, 1.54) is 46.6 Å². The lowest BCUT2D eigenvalue weighted by Crippen LogP contribution is -2.33. The Kier molecular flexibility index (Phi) is 2.90. The Hall–Kier alpha value is -1.000. The summed E-state index contributed by atoms with van der Waals surface area (Å²) in [5, 5.41) is 1.87. The van der Waals surface area contributed by atoms with Crippen molar-refractivity contribution in [2.45, 2.75) is 42.4 Å². The number of aromatic nitrogens is 1. The van der Waals surface area contributed by atoms with Crippen molar-refractivity contribution in [3.8, 4) is 0 Å². The smallest absolute Gasteiger partial charge is 0.305 e. The van der Waals surface area contributed by atoms with Crippen molar-refractivity contribution in [3.05, 3.63) is 49.9 Å². The first-order valence-corrected chi connectivity index (χ1v) is 9.86. The summed E-state index contributed by atoms with van der Waals surface area (Å²) in [4.78, 5) is 16.5. The van der Waals surface area contributed by atoms with Crippen molar-refractivity contribution in [1.29, 1.82) is 0 Å². The second-order valence-corrected chi connectivity index (χ2v) is 9.29. The van der Waals surface area contributed by atoms with Gasteiger partial charge in [0.25, 0.3) is 0 Å². The molecule has 2 nitrogen and oxygen atoms in total. The number of thiazole rings is 1. The topological polar surface area (TPSA) is 32.9 Å². The van der Waals surface area contributed by atoms with Crippen molar-refractivity contribution in [1.82, 2.24) is 4.98 Å². The Bertz CT molecular complexity index is 775. The minimum Gasteiger partial charge on any atom is -0.307 e. The minimum absolute atomic E-state index is 0.113. The maximum absolute atomic E-state index is 11.9. The number of hydrogen-bond donors (Lipinski definition) is 1. The number of aryl methyl sites for hydroxylation is 1. The molecule has 1 aromatic carbocycles. The number of nitrogens with one attached hydrogen (secondary N) is 1. The molecule has 0 amide bonds. The van der Waals surface area contributed by atoms with E-state index >= 15 is 0 Å². The largest absolute Gasteiger partial charge is 0.307 e. The fourth-order valence-corrected chi connectivity index (χ4v) is 7.89. The normalized spacial score (nSPS) is 35.4. The predicted octanol–water partition coefficient (Wildman–Crippen LogP) is 4.40. The number of fused-ring (bicyclic) bond motifs is 6. The van der Waals surface area contributed by atoms with Gasteiger partial charge in [0.2, 0.25) is 0 Å². The molecule has 1 aliphatic heterocycles. The van der Waals surface area contributed by atoms with Gasteiger partial charge in [-0.2, -0.15) is 0 Å². The zero-order chi connectivity index (χ0) is 14.8. The van der Waals surface area contributed by atoms with Gasteiger partial charge in [-0.25, -0.2) is 0 Å². The number of aromatic amines is 1. The molecule has 2 heterocycles. The molecule has 0 saturated heterocycles. The van der Waals surface area contributed by atoms with E-state index in [1.807, 2.05) is 11.8 Å². The molecule has 1 aromatic heterocycles. The van der Waals surface area contributed by atoms with Gasteiger partial charge < -0.3 is 4.98 Å². The number of benzene rings is 1. The van der Waals surface area contributed by atoms with Crippen molar-refractivity contribution < 1.29 is 0 Å². The van der Waals surface area contributed by atoms with Crippen LogP contribution in [0, 0.1) is 24.7 Å². The molecule has 2 aromatic rings. The molecular weight excluding hydrogens is 310 g/mol. The van der Waals surface area contributed by atoms with Crippen LogP contribution in [-0.4, -0.2) is 10.2 Å². The minimum atomic E-state index is 0.113. The molecule has 5 rings (SSSR count). The van der Waals surface area contributed by atoms with Crippen LogP contribution in [0.15, 0.2) is 34.1 Å². The van der Waals surface area contributed by atoms with E-state index in [-0.39, 0.29) is 4.87 Å². The fourth-order valence-electron chi connectivity index (χ4n) is 5.00. The Labute approximate surface area is 138 Å². The van der Waals surface area contributed by atoms with Crippen LogP contribution in [0.25, 0.3) is 0 Å². The second kappa shape index (κ2) is 4.75. The molecule has 2 aliphatic carbocycles. The van der Waals surface area contributed by atoms with Crippen LogP contribution in [0.3, 0.4) is 0 Å². The van der Waals surface area contributed by atoms with Gasteiger partial charge in [-0.05, 0) is 49.5 Å². The first-order valence-electron chi connectivity index (χ1n) is 8.17. The average molecular weight is 329 g/mol. The third-order valence-corrected chi connectivity index (χ3v) is 8.53. The molecule has 22 heavy (non-hydrogen) atoms. The summed E-state index contributed by atoms with van der Waals surface area (Å²) in [5.74, 6) is 2.88. The zero-order valence-corrected chi connectivity index (χ0v) is 14.2. The lowest BCUT2D eigenvalue weighted by Gasteiger charge is -2.40. The van der Waals surface area contributed by atoms with Crippen LogP contribution < -0.4 is 4.87 Å². The Morgan fingerprint density at radius 2 is 1.91 bits per heavy atom. The molecule has 1 N–H and O–H groups in total. The molecule has 0 radical (unpaired) electrons. The van der Waals surface area contributed by atoms with Crippen LogP contribution in [0.5, 0.6) is 0 Å².